The van der Waals surface area contributed by atoms with Gasteiger partial charge in [0.05, 0.1) is 5.56 Å². The van der Waals surface area contributed by atoms with Gasteiger partial charge in [-0.15, -0.1) is 0 Å². The van der Waals surface area contributed by atoms with E-state index in [4.69, 9.17) is 11.6 Å². The van der Waals surface area contributed by atoms with Crippen molar-refractivity contribution in [1.82, 2.24) is 0 Å². The predicted molar refractivity (Wildman–Crippen MR) is 84.6 cm³/mol. The molecule has 110 valence electrons. The summed E-state index contributed by atoms with van der Waals surface area (Å²) in [7, 11) is 0. The van der Waals surface area contributed by atoms with Crippen LogP contribution >= 0.6 is 11.6 Å². The van der Waals surface area contributed by atoms with Gasteiger partial charge in [-0.1, -0.05) is 30.7 Å². The lowest BCUT2D eigenvalue weighted by atomic mass is 10.1. The second kappa shape index (κ2) is 7.09. The summed E-state index contributed by atoms with van der Waals surface area (Å²) >= 11 is 5.78. The maximum atomic E-state index is 13.3. The van der Waals surface area contributed by atoms with Crippen LogP contribution in [-0.4, -0.2) is 12.5 Å². The second-order valence-corrected chi connectivity index (χ2v) is 5.02. The first kappa shape index (κ1) is 15.3. The Morgan fingerprint density at radius 1 is 1.24 bits per heavy atom. The topological polar surface area (TPSA) is 41.1 Å². The molecule has 0 aromatic heterocycles. The first-order valence-corrected chi connectivity index (χ1v) is 7.08. The Kier molecular flexibility index (Phi) is 5.17. The smallest absolute Gasteiger partial charge is 0.257 e. The molecule has 0 radical (unpaired) electrons. The van der Waals surface area contributed by atoms with Gasteiger partial charge in [0.1, 0.15) is 5.82 Å². The van der Waals surface area contributed by atoms with Crippen LogP contribution in [0.4, 0.5) is 15.8 Å². The van der Waals surface area contributed by atoms with E-state index in [0.717, 1.165) is 18.7 Å². The fraction of sp³-hybridized carbons (Fsp3) is 0.188. The van der Waals surface area contributed by atoms with Gasteiger partial charge in [-0.05, 0) is 36.8 Å². The molecule has 0 saturated heterocycles. The number of hydrogen-bond donors (Lipinski definition) is 2. The minimum Gasteiger partial charge on any atom is -0.384 e. The molecular formula is C16H16ClFN2O. The molecule has 0 saturated carbocycles. The summed E-state index contributed by atoms with van der Waals surface area (Å²) in [6, 6.07) is 11.1. The van der Waals surface area contributed by atoms with E-state index in [2.05, 4.69) is 10.6 Å². The zero-order chi connectivity index (χ0) is 15.2. The molecule has 0 aliphatic heterocycles. The number of carbonyl (C=O) groups excluding carboxylic acids is 1. The highest BCUT2D eigenvalue weighted by atomic mass is 35.5. The lowest BCUT2D eigenvalue weighted by Gasteiger charge is -2.12. The second-order valence-electron chi connectivity index (χ2n) is 4.58. The van der Waals surface area contributed by atoms with Gasteiger partial charge in [0, 0.05) is 22.9 Å². The van der Waals surface area contributed by atoms with Gasteiger partial charge in [0.15, 0.2) is 0 Å². The molecule has 2 rings (SSSR count). The van der Waals surface area contributed by atoms with Crippen LogP contribution in [0.2, 0.25) is 5.02 Å². The SMILES string of the molecule is CCCNc1ccccc1C(=O)Nc1cc(F)cc(Cl)c1. The molecule has 0 fully saturated rings. The molecule has 2 aromatic rings. The van der Waals surface area contributed by atoms with Crippen LogP contribution in [0, 0.1) is 5.82 Å². The van der Waals surface area contributed by atoms with E-state index in [1.807, 2.05) is 19.1 Å². The fourth-order valence-electron chi connectivity index (χ4n) is 1.92. The number of carbonyl (C=O) groups is 1. The summed E-state index contributed by atoms with van der Waals surface area (Å²) < 4.78 is 13.3. The van der Waals surface area contributed by atoms with E-state index in [-0.39, 0.29) is 10.9 Å². The molecule has 0 aliphatic carbocycles. The zero-order valence-corrected chi connectivity index (χ0v) is 12.4. The number of rotatable bonds is 5. The van der Waals surface area contributed by atoms with Crippen LogP contribution in [-0.2, 0) is 0 Å². The first-order valence-electron chi connectivity index (χ1n) is 6.70. The summed E-state index contributed by atoms with van der Waals surface area (Å²) in [6.45, 7) is 2.82. The van der Waals surface area contributed by atoms with Crippen LogP contribution in [0.25, 0.3) is 0 Å². The van der Waals surface area contributed by atoms with Gasteiger partial charge < -0.3 is 10.6 Å². The minimum atomic E-state index is -0.491. The van der Waals surface area contributed by atoms with E-state index in [1.54, 1.807) is 12.1 Å². The van der Waals surface area contributed by atoms with Crippen molar-refractivity contribution in [3.8, 4) is 0 Å². The highest BCUT2D eigenvalue weighted by Gasteiger charge is 2.11. The number of hydrogen-bond acceptors (Lipinski definition) is 2. The lowest BCUT2D eigenvalue weighted by Crippen LogP contribution is -2.15. The zero-order valence-electron chi connectivity index (χ0n) is 11.6. The molecule has 0 heterocycles. The molecule has 0 unspecified atom stereocenters. The number of amides is 1. The van der Waals surface area contributed by atoms with Gasteiger partial charge in [-0.25, -0.2) is 4.39 Å². The summed E-state index contributed by atoms with van der Waals surface area (Å²) in [5.41, 5.74) is 1.58. The van der Waals surface area contributed by atoms with Crippen molar-refractivity contribution in [2.24, 2.45) is 0 Å². The van der Waals surface area contributed by atoms with Crippen molar-refractivity contribution >= 4 is 28.9 Å². The van der Waals surface area contributed by atoms with E-state index < -0.39 is 5.82 Å². The molecule has 2 aromatic carbocycles. The normalized spacial score (nSPS) is 10.2. The molecule has 2 N–H and O–H groups in total. The molecule has 21 heavy (non-hydrogen) atoms. The summed E-state index contributed by atoms with van der Waals surface area (Å²) in [5, 5.41) is 6.08. The lowest BCUT2D eigenvalue weighted by molar-refractivity contribution is 0.102. The van der Waals surface area contributed by atoms with Crippen LogP contribution in [0.5, 0.6) is 0 Å². The molecular weight excluding hydrogens is 291 g/mol. The van der Waals surface area contributed by atoms with Gasteiger partial charge >= 0.3 is 0 Å². The fourth-order valence-corrected chi connectivity index (χ4v) is 2.14. The van der Waals surface area contributed by atoms with Crippen molar-refractivity contribution in [1.29, 1.82) is 0 Å². The van der Waals surface area contributed by atoms with Gasteiger partial charge in [0.25, 0.3) is 5.91 Å². The third kappa shape index (κ3) is 4.20. The van der Waals surface area contributed by atoms with Crippen molar-refractivity contribution in [3.63, 3.8) is 0 Å². The predicted octanol–water partition coefficient (Wildman–Crippen LogP) is 4.55. The monoisotopic (exact) mass is 306 g/mol. The van der Waals surface area contributed by atoms with Gasteiger partial charge in [0.2, 0.25) is 0 Å². The Bertz CT molecular complexity index is 626. The van der Waals surface area contributed by atoms with Crippen LogP contribution in [0.1, 0.15) is 23.7 Å². The Hall–Kier alpha value is -2.07. The third-order valence-electron chi connectivity index (χ3n) is 2.86. The number of nitrogens with one attached hydrogen (secondary N) is 2. The Morgan fingerprint density at radius 3 is 2.71 bits per heavy atom. The molecule has 1 amide bonds. The number of benzene rings is 2. The Labute approximate surface area is 128 Å². The summed E-state index contributed by atoms with van der Waals surface area (Å²) in [6.07, 6.45) is 0.954. The number of anilines is 2. The van der Waals surface area contributed by atoms with Crippen molar-refractivity contribution < 1.29 is 9.18 Å². The highest BCUT2D eigenvalue weighted by Crippen LogP contribution is 2.21. The average Bonchev–Trinajstić information content (AvgIpc) is 2.44. The summed E-state index contributed by atoms with van der Waals surface area (Å²) in [4.78, 5) is 12.3. The standard InChI is InChI=1S/C16H16ClFN2O/c1-2-7-19-15-6-4-3-5-14(15)16(21)20-13-9-11(17)8-12(18)10-13/h3-6,8-10,19H,2,7H2,1H3,(H,20,21). The van der Waals surface area contributed by atoms with E-state index in [0.29, 0.717) is 11.3 Å². The minimum absolute atomic E-state index is 0.239. The molecule has 3 nitrogen and oxygen atoms in total. The van der Waals surface area contributed by atoms with Crippen LogP contribution in [0.3, 0.4) is 0 Å². The van der Waals surface area contributed by atoms with Crippen molar-refractivity contribution in [2.75, 3.05) is 17.2 Å². The quantitative estimate of drug-likeness (QED) is 0.850. The van der Waals surface area contributed by atoms with E-state index in [9.17, 15) is 9.18 Å². The maximum absolute atomic E-state index is 13.3. The maximum Gasteiger partial charge on any atom is 0.257 e. The number of para-hydroxylation sites is 1. The average molecular weight is 307 g/mol. The van der Waals surface area contributed by atoms with Crippen LogP contribution < -0.4 is 10.6 Å². The van der Waals surface area contributed by atoms with Gasteiger partial charge in [-0.3, -0.25) is 4.79 Å². The van der Waals surface area contributed by atoms with Crippen molar-refractivity contribution in [3.05, 3.63) is 58.9 Å². The molecule has 0 bridgehead atoms. The molecule has 0 atom stereocenters. The Morgan fingerprint density at radius 2 is 2.00 bits per heavy atom. The Balaban J connectivity index is 2.20. The first-order chi connectivity index (χ1) is 10.1. The van der Waals surface area contributed by atoms with Crippen molar-refractivity contribution in [2.45, 2.75) is 13.3 Å². The largest absolute Gasteiger partial charge is 0.384 e. The summed E-state index contributed by atoms with van der Waals surface area (Å²) in [5.74, 6) is -0.800. The third-order valence-corrected chi connectivity index (χ3v) is 3.08. The van der Waals surface area contributed by atoms with Gasteiger partial charge in [-0.2, -0.15) is 0 Å². The van der Waals surface area contributed by atoms with E-state index >= 15 is 0 Å². The molecule has 0 aliphatic rings. The highest BCUT2D eigenvalue weighted by molar-refractivity contribution is 6.31. The van der Waals surface area contributed by atoms with E-state index in [1.165, 1.54) is 18.2 Å². The molecule has 5 heteroatoms. The number of halogens is 2. The molecule has 0 spiro atoms. The van der Waals surface area contributed by atoms with Crippen LogP contribution in [0.15, 0.2) is 42.5 Å².